The van der Waals surface area contributed by atoms with E-state index in [1.54, 1.807) is 0 Å². The van der Waals surface area contributed by atoms with Gasteiger partial charge in [-0.2, -0.15) is 0 Å². The average molecular weight is 139 g/mol. The maximum Gasteiger partial charge on any atom is 0.102 e. The number of ether oxygens (including phenoxy) is 1. The quantitative estimate of drug-likeness (QED) is 0.542. The standard InChI is InChI=1S/C9H15O/c1-2-4-8(5-3-1)9-6-7-10-9/h8H,1-7H2. The Balaban J connectivity index is 1.78. The first-order chi connectivity index (χ1) is 4.97. The third-order valence-corrected chi connectivity index (χ3v) is 2.70. The Labute approximate surface area is 62.8 Å². The molecule has 1 aliphatic carbocycles. The summed E-state index contributed by atoms with van der Waals surface area (Å²) in [6.45, 7) is 0.992. The fourth-order valence-corrected chi connectivity index (χ4v) is 1.97. The summed E-state index contributed by atoms with van der Waals surface area (Å²) >= 11 is 0. The third-order valence-electron chi connectivity index (χ3n) is 2.70. The Kier molecular flexibility index (Phi) is 1.94. The van der Waals surface area contributed by atoms with E-state index in [0.29, 0.717) is 0 Å². The molecular weight excluding hydrogens is 124 g/mol. The molecule has 0 atom stereocenters. The van der Waals surface area contributed by atoms with E-state index in [2.05, 4.69) is 0 Å². The smallest absolute Gasteiger partial charge is 0.102 e. The minimum Gasteiger partial charge on any atom is -0.371 e. The molecule has 1 heteroatoms. The lowest BCUT2D eigenvalue weighted by Gasteiger charge is -2.34. The van der Waals surface area contributed by atoms with Crippen LogP contribution in [0.25, 0.3) is 0 Å². The van der Waals surface area contributed by atoms with Crippen molar-refractivity contribution >= 4 is 0 Å². The van der Waals surface area contributed by atoms with Gasteiger partial charge in [-0.15, -0.1) is 0 Å². The predicted molar refractivity (Wildman–Crippen MR) is 40.4 cm³/mol. The van der Waals surface area contributed by atoms with Crippen LogP contribution in [0.15, 0.2) is 0 Å². The second kappa shape index (κ2) is 2.91. The van der Waals surface area contributed by atoms with Crippen LogP contribution in [-0.2, 0) is 4.74 Å². The highest BCUT2D eigenvalue weighted by Gasteiger charge is 2.30. The lowest BCUT2D eigenvalue weighted by molar-refractivity contribution is -0.00156. The monoisotopic (exact) mass is 139 g/mol. The van der Waals surface area contributed by atoms with Gasteiger partial charge in [0.1, 0.15) is 6.10 Å². The summed E-state index contributed by atoms with van der Waals surface area (Å²) in [7, 11) is 0. The van der Waals surface area contributed by atoms with Crippen molar-refractivity contribution in [2.45, 2.75) is 38.5 Å². The maximum atomic E-state index is 5.39. The predicted octanol–water partition coefficient (Wildman–Crippen LogP) is 2.52. The van der Waals surface area contributed by atoms with Gasteiger partial charge in [0.05, 0.1) is 6.61 Å². The largest absolute Gasteiger partial charge is 0.371 e. The summed E-state index contributed by atoms with van der Waals surface area (Å²) in [5.41, 5.74) is 0. The fraction of sp³-hybridized carbons (Fsp3) is 0.889. The molecule has 1 saturated heterocycles. The van der Waals surface area contributed by atoms with E-state index in [1.807, 2.05) is 0 Å². The SMILES string of the molecule is C1CCC([C]2CCO2)CC1. The van der Waals surface area contributed by atoms with Gasteiger partial charge < -0.3 is 4.74 Å². The molecule has 1 heterocycles. The van der Waals surface area contributed by atoms with E-state index in [-0.39, 0.29) is 0 Å². The summed E-state index contributed by atoms with van der Waals surface area (Å²) in [6.07, 6.45) is 9.77. The van der Waals surface area contributed by atoms with Gasteiger partial charge in [0, 0.05) is 6.42 Å². The van der Waals surface area contributed by atoms with Crippen LogP contribution in [0.1, 0.15) is 38.5 Å². The van der Waals surface area contributed by atoms with Crippen molar-refractivity contribution in [3.8, 4) is 0 Å². The Morgan fingerprint density at radius 3 is 2.30 bits per heavy atom. The minimum absolute atomic E-state index is 0.850. The molecular formula is C9H15O. The third kappa shape index (κ3) is 1.20. The number of rotatable bonds is 1. The summed E-state index contributed by atoms with van der Waals surface area (Å²) < 4.78 is 5.39. The Morgan fingerprint density at radius 2 is 1.80 bits per heavy atom. The summed E-state index contributed by atoms with van der Waals surface area (Å²) in [6, 6.07) is 0. The molecule has 0 unspecified atom stereocenters. The van der Waals surface area contributed by atoms with Crippen LogP contribution in [0, 0.1) is 12.0 Å². The van der Waals surface area contributed by atoms with Crippen LogP contribution in [0.4, 0.5) is 0 Å². The number of hydrogen-bond donors (Lipinski definition) is 0. The highest BCUT2D eigenvalue weighted by atomic mass is 16.5. The molecule has 57 valence electrons. The Hall–Kier alpha value is -0.0400. The van der Waals surface area contributed by atoms with Crippen LogP contribution < -0.4 is 0 Å². The van der Waals surface area contributed by atoms with Crippen molar-refractivity contribution in [3.63, 3.8) is 0 Å². The normalized spacial score (nSPS) is 30.0. The van der Waals surface area contributed by atoms with Gasteiger partial charge in [0.15, 0.2) is 0 Å². The van der Waals surface area contributed by atoms with Crippen molar-refractivity contribution in [3.05, 3.63) is 6.10 Å². The van der Waals surface area contributed by atoms with Crippen LogP contribution in [0.2, 0.25) is 0 Å². The van der Waals surface area contributed by atoms with Gasteiger partial charge in [-0.25, -0.2) is 0 Å². The van der Waals surface area contributed by atoms with Crippen LogP contribution in [0.5, 0.6) is 0 Å². The summed E-state index contributed by atoms with van der Waals surface area (Å²) in [5, 5.41) is 0. The molecule has 1 saturated carbocycles. The summed E-state index contributed by atoms with van der Waals surface area (Å²) in [4.78, 5) is 0. The average Bonchev–Trinajstić information content (AvgIpc) is 1.86. The zero-order valence-electron chi connectivity index (χ0n) is 6.44. The molecule has 0 aromatic heterocycles. The lowest BCUT2D eigenvalue weighted by Crippen LogP contribution is -2.27. The van der Waals surface area contributed by atoms with E-state index in [1.165, 1.54) is 44.6 Å². The topological polar surface area (TPSA) is 9.23 Å². The van der Waals surface area contributed by atoms with E-state index >= 15 is 0 Å². The highest BCUT2D eigenvalue weighted by Crippen LogP contribution is 2.37. The molecule has 0 spiro atoms. The molecule has 0 amide bonds. The fourth-order valence-electron chi connectivity index (χ4n) is 1.97. The first-order valence-corrected chi connectivity index (χ1v) is 4.45. The molecule has 0 bridgehead atoms. The van der Waals surface area contributed by atoms with E-state index in [0.717, 1.165) is 12.5 Å². The van der Waals surface area contributed by atoms with E-state index in [9.17, 15) is 0 Å². The van der Waals surface area contributed by atoms with Crippen LogP contribution in [-0.4, -0.2) is 6.61 Å². The molecule has 1 radical (unpaired) electrons. The molecule has 1 aliphatic heterocycles. The first-order valence-electron chi connectivity index (χ1n) is 4.45. The van der Waals surface area contributed by atoms with Gasteiger partial charge in [-0.3, -0.25) is 0 Å². The molecule has 2 fully saturated rings. The zero-order chi connectivity index (χ0) is 6.81. The molecule has 0 aromatic rings. The molecule has 2 rings (SSSR count). The lowest BCUT2D eigenvalue weighted by atomic mass is 9.83. The van der Waals surface area contributed by atoms with Crippen molar-refractivity contribution in [2.75, 3.05) is 6.61 Å². The second-order valence-electron chi connectivity index (χ2n) is 3.40. The van der Waals surface area contributed by atoms with Gasteiger partial charge in [-0.1, -0.05) is 19.3 Å². The van der Waals surface area contributed by atoms with E-state index < -0.39 is 0 Å². The molecule has 2 aliphatic rings. The van der Waals surface area contributed by atoms with Crippen LogP contribution in [0.3, 0.4) is 0 Å². The molecule has 1 nitrogen and oxygen atoms in total. The highest BCUT2D eigenvalue weighted by molar-refractivity contribution is 4.94. The van der Waals surface area contributed by atoms with Crippen LogP contribution >= 0.6 is 0 Å². The van der Waals surface area contributed by atoms with Gasteiger partial charge in [0.2, 0.25) is 0 Å². The van der Waals surface area contributed by atoms with Crippen molar-refractivity contribution in [1.82, 2.24) is 0 Å². The van der Waals surface area contributed by atoms with Gasteiger partial charge >= 0.3 is 0 Å². The van der Waals surface area contributed by atoms with Crippen molar-refractivity contribution in [1.29, 1.82) is 0 Å². The Bertz CT molecular complexity index is 101. The Morgan fingerprint density at radius 1 is 1.10 bits per heavy atom. The molecule has 10 heavy (non-hydrogen) atoms. The van der Waals surface area contributed by atoms with Gasteiger partial charge in [0.25, 0.3) is 0 Å². The minimum atomic E-state index is 0.850. The zero-order valence-corrected chi connectivity index (χ0v) is 6.44. The first kappa shape index (κ1) is 6.66. The second-order valence-corrected chi connectivity index (χ2v) is 3.40. The molecule has 0 N–H and O–H groups in total. The maximum absolute atomic E-state index is 5.39. The van der Waals surface area contributed by atoms with Crippen molar-refractivity contribution in [2.24, 2.45) is 5.92 Å². The van der Waals surface area contributed by atoms with E-state index in [4.69, 9.17) is 4.74 Å². The van der Waals surface area contributed by atoms with Crippen molar-refractivity contribution < 1.29 is 4.74 Å². The summed E-state index contributed by atoms with van der Waals surface area (Å²) in [5.74, 6) is 0.850. The number of hydrogen-bond acceptors (Lipinski definition) is 1. The molecule has 0 aromatic carbocycles. The van der Waals surface area contributed by atoms with Gasteiger partial charge in [-0.05, 0) is 18.8 Å².